The first-order valence-corrected chi connectivity index (χ1v) is 7.87. The SMILES string of the molecule is O=C(Cc1cnc(C2CNCCO2)c(F)c1)c1ccnc(C(F)(F)F)c1. The number of rotatable bonds is 4. The second-order valence-corrected chi connectivity index (χ2v) is 5.80. The minimum atomic E-state index is -4.64. The first-order chi connectivity index (χ1) is 12.3. The molecule has 0 saturated carbocycles. The van der Waals surface area contributed by atoms with Gasteiger partial charge in [0.2, 0.25) is 0 Å². The fourth-order valence-corrected chi connectivity index (χ4v) is 2.61. The number of ether oxygens (including phenoxy) is 1. The summed E-state index contributed by atoms with van der Waals surface area (Å²) in [6.07, 6.45) is -3.16. The Morgan fingerprint density at radius 3 is 2.77 bits per heavy atom. The van der Waals surface area contributed by atoms with Gasteiger partial charge in [-0.3, -0.25) is 14.8 Å². The third kappa shape index (κ3) is 4.23. The summed E-state index contributed by atoms with van der Waals surface area (Å²) in [5.74, 6) is -1.20. The number of alkyl halides is 3. The molecule has 3 heterocycles. The Bertz CT molecular complexity index is 805. The van der Waals surface area contributed by atoms with Gasteiger partial charge in [0.1, 0.15) is 23.3 Å². The molecule has 26 heavy (non-hydrogen) atoms. The molecule has 1 saturated heterocycles. The molecule has 1 aliphatic heterocycles. The minimum Gasteiger partial charge on any atom is -0.369 e. The molecule has 5 nitrogen and oxygen atoms in total. The van der Waals surface area contributed by atoms with E-state index in [1.165, 1.54) is 12.3 Å². The normalized spacial score (nSPS) is 17.9. The molecule has 1 unspecified atom stereocenters. The molecule has 1 aliphatic rings. The van der Waals surface area contributed by atoms with Crippen LogP contribution in [-0.4, -0.2) is 35.4 Å². The van der Waals surface area contributed by atoms with Crippen molar-refractivity contribution in [1.82, 2.24) is 15.3 Å². The van der Waals surface area contributed by atoms with Crippen LogP contribution in [0.15, 0.2) is 30.6 Å². The van der Waals surface area contributed by atoms with Gasteiger partial charge in [-0.05, 0) is 23.8 Å². The van der Waals surface area contributed by atoms with Crippen LogP contribution in [0.1, 0.15) is 33.4 Å². The van der Waals surface area contributed by atoms with Gasteiger partial charge < -0.3 is 10.1 Å². The van der Waals surface area contributed by atoms with E-state index in [0.717, 1.165) is 12.3 Å². The highest BCUT2D eigenvalue weighted by Gasteiger charge is 2.33. The summed E-state index contributed by atoms with van der Waals surface area (Å²) >= 11 is 0. The lowest BCUT2D eigenvalue weighted by Crippen LogP contribution is -2.34. The van der Waals surface area contributed by atoms with Crippen LogP contribution in [0.25, 0.3) is 0 Å². The summed E-state index contributed by atoms with van der Waals surface area (Å²) in [5, 5.41) is 3.06. The van der Waals surface area contributed by atoms with Crippen LogP contribution in [0, 0.1) is 5.82 Å². The van der Waals surface area contributed by atoms with Crippen LogP contribution in [0.2, 0.25) is 0 Å². The van der Waals surface area contributed by atoms with E-state index in [4.69, 9.17) is 4.74 Å². The minimum absolute atomic E-state index is 0.136. The number of aromatic nitrogens is 2. The number of pyridine rings is 2. The molecule has 0 aromatic carbocycles. The van der Waals surface area contributed by atoms with E-state index in [9.17, 15) is 22.4 Å². The Labute approximate surface area is 146 Å². The highest BCUT2D eigenvalue weighted by Crippen LogP contribution is 2.28. The molecule has 1 atom stereocenters. The van der Waals surface area contributed by atoms with Crippen molar-refractivity contribution in [1.29, 1.82) is 0 Å². The lowest BCUT2D eigenvalue weighted by molar-refractivity contribution is -0.141. The molecule has 0 aliphatic carbocycles. The predicted octanol–water partition coefficient (Wildman–Crippen LogP) is 2.72. The number of carbonyl (C=O) groups is 1. The van der Waals surface area contributed by atoms with Crippen molar-refractivity contribution < 1.29 is 27.1 Å². The topological polar surface area (TPSA) is 64.1 Å². The summed E-state index contributed by atoms with van der Waals surface area (Å²) in [4.78, 5) is 19.4. The third-order valence-electron chi connectivity index (χ3n) is 3.90. The molecular formula is C17H15F4N3O2. The molecule has 1 N–H and O–H groups in total. The summed E-state index contributed by atoms with van der Waals surface area (Å²) in [5.41, 5.74) is -0.886. The fourth-order valence-electron chi connectivity index (χ4n) is 2.61. The van der Waals surface area contributed by atoms with Gasteiger partial charge >= 0.3 is 6.18 Å². The number of carbonyl (C=O) groups excluding carboxylic acids is 1. The zero-order chi connectivity index (χ0) is 18.7. The van der Waals surface area contributed by atoms with Gasteiger partial charge in [-0.15, -0.1) is 0 Å². The van der Waals surface area contributed by atoms with Crippen molar-refractivity contribution in [3.63, 3.8) is 0 Å². The Morgan fingerprint density at radius 1 is 1.31 bits per heavy atom. The zero-order valence-corrected chi connectivity index (χ0v) is 13.5. The molecule has 3 rings (SSSR count). The Morgan fingerprint density at radius 2 is 2.12 bits per heavy atom. The van der Waals surface area contributed by atoms with Crippen molar-refractivity contribution in [2.24, 2.45) is 0 Å². The number of morpholine rings is 1. The van der Waals surface area contributed by atoms with Crippen LogP contribution >= 0.6 is 0 Å². The lowest BCUT2D eigenvalue weighted by atomic mass is 10.0. The van der Waals surface area contributed by atoms with Gasteiger partial charge in [-0.1, -0.05) is 0 Å². The van der Waals surface area contributed by atoms with E-state index in [2.05, 4.69) is 15.3 Å². The maximum Gasteiger partial charge on any atom is 0.433 e. The molecule has 0 bridgehead atoms. The standard InChI is InChI=1S/C17H15F4N3O2/c18-12-5-10(8-24-16(12)14-9-22-3-4-26-14)6-13(25)11-1-2-23-15(7-11)17(19,20)21/h1-2,5,7-8,14,22H,3-4,6,9H2. The highest BCUT2D eigenvalue weighted by atomic mass is 19.4. The average molecular weight is 369 g/mol. The summed E-state index contributed by atoms with van der Waals surface area (Å²) in [6, 6.07) is 3.03. The predicted molar refractivity (Wildman–Crippen MR) is 83.0 cm³/mol. The van der Waals surface area contributed by atoms with Crippen LogP contribution in [0.4, 0.5) is 17.6 Å². The van der Waals surface area contributed by atoms with Crippen LogP contribution in [0.5, 0.6) is 0 Å². The number of ketones is 1. The van der Waals surface area contributed by atoms with Crippen LogP contribution in [-0.2, 0) is 17.3 Å². The van der Waals surface area contributed by atoms with Gasteiger partial charge in [0.05, 0.1) is 6.61 Å². The molecule has 138 valence electrons. The lowest BCUT2D eigenvalue weighted by Gasteiger charge is -2.23. The molecule has 2 aromatic rings. The van der Waals surface area contributed by atoms with Gasteiger partial charge in [-0.25, -0.2) is 4.39 Å². The van der Waals surface area contributed by atoms with Crippen molar-refractivity contribution in [2.45, 2.75) is 18.7 Å². The zero-order valence-electron chi connectivity index (χ0n) is 13.5. The van der Waals surface area contributed by atoms with Gasteiger partial charge in [0.25, 0.3) is 0 Å². The largest absolute Gasteiger partial charge is 0.433 e. The summed E-state index contributed by atoms with van der Waals surface area (Å²) in [6.45, 7) is 1.55. The van der Waals surface area contributed by atoms with Crippen molar-refractivity contribution in [3.05, 3.63) is 58.9 Å². The second-order valence-electron chi connectivity index (χ2n) is 5.80. The molecular weight excluding hydrogens is 354 g/mol. The molecule has 0 amide bonds. The Kier molecular flexibility index (Phi) is 5.28. The molecule has 1 fully saturated rings. The monoisotopic (exact) mass is 369 g/mol. The summed E-state index contributed by atoms with van der Waals surface area (Å²) in [7, 11) is 0. The van der Waals surface area contributed by atoms with Gasteiger partial charge in [0, 0.05) is 37.5 Å². The van der Waals surface area contributed by atoms with E-state index in [1.807, 2.05) is 0 Å². The third-order valence-corrected chi connectivity index (χ3v) is 3.90. The molecule has 0 spiro atoms. The fraction of sp³-hybridized carbons (Fsp3) is 0.353. The van der Waals surface area contributed by atoms with E-state index in [1.54, 1.807) is 0 Å². The van der Waals surface area contributed by atoms with E-state index in [0.29, 0.717) is 25.8 Å². The number of nitrogens with one attached hydrogen (secondary N) is 1. The number of hydrogen-bond acceptors (Lipinski definition) is 5. The molecule has 2 aromatic heterocycles. The van der Waals surface area contributed by atoms with E-state index < -0.39 is 29.6 Å². The van der Waals surface area contributed by atoms with Gasteiger partial charge in [-0.2, -0.15) is 13.2 Å². The van der Waals surface area contributed by atoms with Gasteiger partial charge in [0.15, 0.2) is 5.78 Å². The van der Waals surface area contributed by atoms with Crippen LogP contribution in [0.3, 0.4) is 0 Å². The highest BCUT2D eigenvalue weighted by molar-refractivity contribution is 5.97. The number of hydrogen-bond donors (Lipinski definition) is 1. The first kappa shape index (κ1) is 18.4. The van der Waals surface area contributed by atoms with Crippen molar-refractivity contribution in [3.8, 4) is 0 Å². The number of halogens is 4. The molecule has 9 heteroatoms. The number of nitrogens with zero attached hydrogens (tertiary/aromatic N) is 2. The Balaban J connectivity index is 1.74. The maximum atomic E-state index is 14.3. The van der Waals surface area contributed by atoms with Crippen molar-refractivity contribution in [2.75, 3.05) is 19.7 Å². The molecule has 0 radical (unpaired) electrons. The maximum absolute atomic E-state index is 14.3. The van der Waals surface area contributed by atoms with E-state index >= 15 is 0 Å². The summed E-state index contributed by atoms with van der Waals surface area (Å²) < 4.78 is 57.7. The van der Waals surface area contributed by atoms with Crippen LogP contribution < -0.4 is 5.32 Å². The number of Topliss-reactive ketones (excluding diaryl/α,β-unsaturated/α-hetero) is 1. The first-order valence-electron chi connectivity index (χ1n) is 7.87. The average Bonchev–Trinajstić information content (AvgIpc) is 2.62. The van der Waals surface area contributed by atoms with Crippen molar-refractivity contribution >= 4 is 5.78 Å². The smallest absolute Gasteiger partial charge is 0.369 e. The quantitative estimate of drug-likeness (QED) is 0.663. The Hall–Kier alpha value is -2.39. The van der Waals surface area contributed by atoms with E-state index in [-0.39, 0.29) is 23.2 Å². The second kappa shape index (κ2) is 7.46.